The van der Waals surface area contributed by atoms with E-state index in [4.69, 9.17) is 4.74 Å². The number of hydrogen-bond acceptors (Lipinski definition) is 3. The molecule has 1 unspecified atom stereocenters. The second kappa shape index (κ2) is 6.67. The van der Waals surface area contributed by atoms with Crippen LogP contribution in [0.2, 0.25) is 0 Å². The molecule has 1 aliphatic rings. The first-order chi connectivity index (χ1) is 13.0. The van der Waals surface area contributed by atoms with Crippen LogP contribution in [0.1, 0.15) is 38.2 Å². The number of ether oxygens (including phenoxy) is 1. The molecule has 0 fully saturated rings. The number of esters is 1. The third kappa shape index (κ3) is 2.84. The molecule has 4 rings (SSSR count). The van der Waals surface area contributed by atoms with Crippen LogP contribution in [-0.2, 0) is 16.9 Å². The van der Waals surface area contributed by atoms with Gasteiger partial charge in [0.15, 0.2) is 5.60 Å². The zero-order valence-corrected chi connectivity index (χ0v) is 15.9. The van der Waals surface area contributed by atoms with Crippen LogP contribution in [-0.4, -0.2) is 25.0 Å². The summed E-state index contributed by atoms with van der Waals surface area (Å²) >= 11 is 0. The Morgan fingerprint density at radius 2 is 1.48 bits per heavy atom. The predicted octanol–water partition coefficient (Wildman–Crippen LogP) is 4.52. The Balaban J connectivity index is 2.03. The summed E-state index contributed by atoms with van der Waals surface area (Å²) in [6.07, 6.45) is 0. The number of hydrogen-bond donors (Lipinski definition) is 0. The number of fused-ring (bicyclic) bond motifs is 1. The van der Waals surface area contributed by atoms with Gasteiger partial charge >= 0.3 is 5.97 Å². The molecule has 0 amide bonds. The van der Waals surface area contributed by atoms with E-state index in [1.165, 1.54) is 5.56 Å². The van der Waals surface area contributed by atoms with Gasteiger partial charge in [-0.15, -0.1) is 0 Å². The van der Waals surface area contributed by atoms with Gasteiger partial charge < -0.3 is 9.64 Å². The van der Waals surface area contributed by atoms with E-state index in [1.54, 1.807) is 0 Å². The molecule has 3 aromatic rings. The van der Waals surface area contributed by atoms with Crippen molar-refractivity contribution in [1.82, 2.24) is 4.90 Å². The van der Waals surface area contributed by atoms with E-state index in [2.05, 4.69) is 48.2 Å². The van der Waals surface area contributed by atoms with Crippen molar-refractivity contribution in [3.8, 4) is 0 Å². The van der Waals surface area contributed by atoms with Crippen molar-refractivity contribution in [3.63, 3.8) is 0 Å². The summed E-state index contributed by atoms with van der Waals surface area (Å²) in [5, 5.41) is 0. The SMILES string of the molecule is Cc1ccc(C2(c3ccccc3CN(C)C)OC(=O)c3ccccc32)cc1. The molecule has 3 nitrogen and oxygen atoms in total. The molecular weight excluding hydrogens is 334 g/mol. The molecule has 0 aromatic heterocycles. The summed E-state index contributed by atoms with van der Waals surface area (Å²) in [6, 6.07) is 24.2. The molecule has 0 radical (unpaired) electrons. The van der Waals surface area contributed by atoms with Crippen molar-refractivity contribution in [3.05, 3.63) is 106 Å². The van der Waals surface area contributed by atoms with Crippen LogP contribution in [0.3, 0.4) is 0 Å². The monoisotopic (exact) mass is 357 g/mol. The number of cyclic esters (lactones) is 1. The normalized spacial score (nSPS) is 18.4. The van der Waals surface area contributed by atoms with E-state index >= 15 is 0 Å². The number of nitrogens with zero attached hydrogens (tertiary/aromatic N) is 1. The summed E-state index contributed by atoms with van der Waals surface area (Å²) in [6.45, 7) is 2.83. The van der Waals surface area contributed by atoms with Crippen LogP contribution >= 0.6 is 0 Å². The van der Waals surface area contributed by atoms with Gasteiger partial charge in [0.25, 0.3) is 0 Å². The smallest absolute Gasteiger partial charge is 0.340 e. The summed E-state index contributed by atoms with van der Waals surface area (Å²) in [4.78, 5) is 14.9. The first-order valence-corrected chi connectivity index (χ1v) is 9.15. The van der Waals surface area contributed by atoms with Gasteiger partial charge in [0.2, 0.25) is 0 Å². The van der Waals surface area contributed by atoms with Gasteiger partial charge in [-0.2, -0.15) is 0 Å². The molecule has 0 saturated carbocycles. The Bertz CT molecular complexity index is 991. The average Bonchev–Trinajstić information content (AvgIpc) is 2.96. The molecule has 1 aliphatic heterocycles. The maximum Gasteiger partial charge on any atom is 0.340 e. The number of aryl methyl sites for hydroxylation is 1. The minimum atomic E-state index is -0.923. The molecule has 0 bridgehead atoms. The minimum absolute atomic E-state index is 0.272. The molecule has 136 valence electrons. The van der Waals surface area contributed by atoms with Crippen molar-refractivity contribution in [2.24, 2.45) is 0 Å². The van der Waals surface area contributed by atoms with Gasteiger partial charge in [-0.05, 0) is 32.6 Å². The molecule has 27 heavy (non-hydrogen) atoms. The van der Waals surface area contributed by atoms with Gasteiger partial charge in [0.05, 0.1) is 5.56 Å². The van der Waals surface area contributed by atoms with Gasteiger partial charge in [0.1, 0.15) is 0 Å². The Labute approximate surface area is 160 Å². The van der Waals surface area contributed by atoms with Gasteiger partial charge in [-0.3, -0.25) is 0 Å². The first-order valence-electron chi connectivity index (χ1n) is 9.15. The number of carbonyl (C=O) groups excluding carboxylic acids is 1. The van der Waals surface area contributed by atoms with E-state index in [9.17, 15) is 4.79 Å². The highest BCUT2D eigenvalue weighted by molar-refractivity contribution is 5.96. The van der Waals surface area contributed by atoms with Crippen LogP contribution in [0, 0.1) is 6.92 Å². The maximum absolute atomic E-state index is 12.8. The molecule has 0 N–H and O–H groups in total. The lowest BCUT2D eigenvalue weighted by molar-refractivity contribution is 0.0248. The Hall–Kier alpha value is -2.91. The van der Waals surface area contributed by atoms with Crippen LogP contribution in [0.15, 0.2) is 72.8 Å². The Morgan fingerprint density at radius 1 is 0.852 bits per heavy atom. The fourth-order valence-electron chi connectivity index (χ4n) is 3.92. The van der Waals surface area contributed by atoms with E-state index in [0.29, 0.717) is 5.56 Å². The topological polar surface area (TPSA) is 29.5 Å². The highest BCUT2D eigenvalue weighted by Crippen LogP contribution is 2.48. The summed E-state index contributed by atoms with van der Waals surface area (Å²) < 4.78 is 6.20. The third-order valence-corrected chi connectivity index (χ3v) is 5.11. The molecule has 1 atom stereocenters. The maximum atomic E-state index is 12.8. The molecule has 0 spiro atoms. The van der Waals surface area contributed by atoms with Crippen LogP contribution in [0.4, 0.5) is 0 Å². The summed E-state index contributed by atoms with van der Waals surface area (Å²) in [7, 11) is 4.09. The molecule has 0 aliphatic carbocycles. The number of benzene rings is 3. The Kier molecular flexibility index (Phi) is 4.33. The molecular formula is C24H23NO2. The molecule has 3 aromatic carbocycles. The molecule has 3 heteroatoms. The van der Waals surface area contributed by atoms with E-state index in [-0.39, 0.29) is 5.97 Å². The highest BCUT2D eigenvalue weighted by Gasteiger charge is 2.49. The fraction of sp³-hybridized carbons (Fsp3) is 0.208. The summed E-state index contributed by atoms with van der Waals surface area (Å²) in [5.74, 6) is -0.272. The van der Waals surface area contributed by atoms with Gasteiger partial charge in [-0.25, -0.2) is 4.79 Å². The molecule has 0 saturated heterocycles. The Morgan fingerprint density at radius 3 is 2.19 bits per heavy atom. The highest BCUT2D eigenvalue weighted by atomic mass is 16.6. The summed E-state index contributed by atoms with van der Waals surface area (Å²) in [5.41, 5.74) is 4.93. The van der Waals surface area contributed by atoms with Crippen molar-refractivity contribution in [2.45, 2.75) is 19.1 Å². The van der Waals surface area contributed by atoms with E-state index in [0.717, 1.165) is 28.8 Å². The number of rotatable bonds is 4. The largest absolute Gasteiger partial charge is 0.441 e. The zero-order chi connectivity index (χ0) is 19.0. The van der Waals surface area contributed by atoms with Crippen LogP contribution in [0.5, 0.6) is 0 Å². The third-order valence-electron chi connectivity index (χ3n) is 5.11. The van der Waals surface area contributed by atoms with Gasteiger partial charge in [-0.1, -0.05) is 72.3 Å². The second-order valence-corrected chi connectivity index (χ2v) is 7.38. The lowest BCUT2D eigenvalue weighted by Gasteiger charge is -2.32. The van der Waals surface area contributed by atoms with E-state index < -0.39 is 5.60 Å². The predicted molar refractivity (Wildman–Crippen MR) is 107 cm³/mol. The van der Waals surface area contributed by atoms with Gasteiger partial charge in [0, 0.05) is 23.2 Å². The lowest BCUT2D eigenvalue weighted by Crippen LogP contribution is -2.31. The van der Waals surface area contributed by atoms with Crippen molar-refractivity contribution in [1.29, 1.82) is 0 Å². The van der Waals surface area contributed by atoms with Crippen LogP contribution < -0.4 is 0 Å². The lowest BCUT2D eigenvalue weighted by atomic mass is 9.78. The fourth-order valence-corrected chi connectivity index (χ4v) is 3.92. The average molecular weight is 357 g/mol. The van der Waals surface area contributed by atoms with Crippen molar-refractivity contribution in [2.75, 3.05) is 14.1 Å². The van der Waals surface area contributed by atoms with Crippen molar-refractivity contribution >= 4 is 5.97 Å². The minimum Gasteiger partial charge on any atom is -0.441 e. The second-order valence-electron chi connectivity index (χ2n) is 7.38. The standard InChI is InChI=1S/C24H23NO2/c1-17-12-14-19(15-13-17)24(21-10-6-4-8-18(21)16-25(2)3)22-11-7-5-9-20(22)23(26)27-24/h4-15H,16H2,1-3H3. The van der Waals surface area contributed by atoms with Crippen molar-refractivity contribution < 1.29 is 9.53 Å². The first kappa shape index (κ1) is 17.5. The number of carbonyl (C=O) groups is 1. The van der Waals surface area contributed by atoms with E-state index in [1.807, 2.05) is 50.5 Å². The zero-order valence-electron chi connectivity index (χ0n) is 15.9. The van der Waals surface area contributed by atoms with Crippen LogP contribution in [0.25, 0.3) is 0 Å². The quantitative estimate of drug-likeness (QED) is 0.643. The molecule has 1 heterocycles.